The molecule has 1 aliphatic rings. The fourth-order valence-electron chi connectivity index (χ4n) is 3.61. The summed E-state index contributed by atoms with van der Waals surface area (Å²) in [6.07, 6.45) is 1.35. The molecule has 0 fully saturated rings. The number of carbonyl (C=O) groups excluding carboxylic acids is 2. The third-order valence-electron chi connectivity index (χ3n) is 5.19. The SMILES string of the molecule is O=C(C1=C(O)C(=O)N(c2nnc(SCc3ccc(F)cc3)s2)C1c1ccccc1)c1ccco1. The van der Waals surface area contributed by atoms with Gasteiger partial charge in [0.1, 0.15) is 5.82 Å². The van der Waals surface area contributed by atoms with Crippen molar-refractivity contribution in [1.29, 1.82) is 0 Å². The molecule has 4 aromatic rings. The van der Waals surface area contributed by atoms with Crippen molar-refractivity contribution < 1.29 is 23.5 Å². The number of aliphatic hydroxyl groups excluding tert-OH is 1. The predicted molar refractivity (Wildman–Crippen MR) is 125 cm³/mol. The van der Waals surface area contributed by atoms with Gasteiger partial charge in [0, 0.05) is 5.75 Å². The summed E-state index contributed by atoms with van der Waals surface area (Å²) in [5, 5.41) is 19.3. The predicted octanol–water partition coefficient (Wildman–Crippen LogP) is 5.35. The Labute approximate surface area is 201 Å². The van der Waals surface area contributed by atoms with Crippen LogP contribution >= 0.6 is 23.1 Å². The number of amides is 1. The Balaban J connectivity index is 1.46. The van der Waals surface area contributed by atoms with Crippen LogP contribution in [0.15, 0.2) is 93.1 Å². The van der Waals surface area contributed by atoms with E-state index in [0.29, 0.717) is 15.7 Å². The first-order chi connectivity index (χ1) is 16.5. The minimum atomic E-state index is -0.894. The summed E-state index contributed by atoms with van der Waals surface area (Å²) in [5.74, 6) is -1.72. The van der Waals surface area contributed by atoms with Gasteiger partial charge in [-0.25, -0.2) is 4.39 Å². The molecular weight excluding hydrogens is 477 g/mol. The van der Waals surface area contributed by atoms with Crippen molar-refractivity contribution in [3.05, 3.63) is 107 Å². The van der Waals surface area contributed by atoms with Gasteiger partial charge in [-0.1, -0.05) is 65.6 Å². The maximum absolute atomic E-state index is 13.2. The number of rotatable bonds is 7. The molecule has 3 heterocycles. The Hall–Kier alpha value is -3.76. The molecule has 1 atom stereocenters. The number of carbonyl (C=O) groups is 2. The molecule has 0 saturated carbocycles. The molecule has 1 N–H and O–H groups in total. The summed E-state index contributed by atoms with van der Waals surface area (Å²) in [5.41, 5.74) is 1.46. The lowest BCUT2D eigenvalue weighted by Gasteiger charge is -2.23. The van der Waals surface area contributed by atoms with E-state index in [1.54, 1.807) is 42.5 Å². The first kappa shape index (κ1) is 22.1. The van der Waals surface area contributed by atoms with Crippen molar-refractivity contribution in [2.24, 2.45) is 0 Å². The van der Waals surface area contributed by atoms with E-state index in [4.69, 9.17) is 4.42 Å². The third-order valence-corrected chi connectivity index (χ3v) is 7.32. The van der Waals surface area contributed by atoms with Crippen LogP contribution in [0.25, 0.3) is 0 Å². The van der Waals surface area contributed by atoms with E-state index >= 15 is 0 Å². The lowest BCUT2D eigenvalue weighted by atomic mass is 9.95. The molecule has 5 rings (SSSR count). The third kappa shape index (κ3) is 4.13. The highest BCUT2D eigenvalue weighted by atomic mass is 32.2. The summed E-state index contributed by atoms with van der Waals surface area (Å²) in [7, 11) is 0. The van der Waals surface area contributed by atoms with E-state index in [1.165, 1.54) is 52.5 Å². The van der Waals surface area contributed by atoms with Gasteiger partial charge in [-0.2, -0.15) is 0 Å². The molecule has 0 saturated heterocycles. The van der Waals surface area contributed by atoms with Crippen molar-refractivity contribution in [3.63, 3.8) is 0 Å². The maximum atomic E-state index is 13.2. The smallest absolute Gasteiger partial charge is 0.296 e. The number of aliphatic hydroxyl groups is 1. The van der Waals surface area contributed by atoms with Crippen LogP contribution in [0.2, 0.25) is 0 Å². The van der Waals surface area contributed by atoms with E-state index < -0.39 is 23.5 Å². The average molecular weight is 494 g/mol. The Bertz CT molecular complexity index is 1370. The van der Waals surface area contributed by atoms with Crippen molar-refractivity contribution in [2.45, 2.75) is 16.1 Å². The van der Waals surface area contributed by atoms with Gasteiger partial charge in [-0.15, -0.1) is 10.2 Å². The first-order valence-corrected chi connectivity index (χ1v) is 11.9. The zero-order valence-electron chi connectivity index (χ0n) is 17.4. The van der Waals surface area contributed by atoms with Crippen LogP contribution in [0.1, 0.15) is 27.7 Å². The van der Waals surface area contributed by atoms with Crippen molar-refractivity contribution in [1.82, 2.24) is 10.2 Å². The number of benzene rings is 2. The van der Waals surface area contributed by atoms with Crippen LogP contribution in [0, 0.1) is 5.82 Å². The molecule has 34 heavy (non-hydrogen) atoms. The highest BCUT2D eigenvalue weighted by Crippen LogP contribution is 2.43. The maximum Gasteiger partial charge on any atom is 0.296 e. The van der Waals surface area contributed by atoms with Crippen LogP contribution in [0.5, 0.6) is 0 Å². The molecule has 0 aliphatic carbocycles. The minimum Gasteiger partial charge on any atom is -0.503 e. The normalized spacial score (nSPS) is 15.9. The topological polar surface area (TPSA) is 96.5 Å². The number of thioether (sulfide) groups is 1. The zero-order valence-corrected chi connectivity index (χ0v) is 19.1. The Morgan fingerprint density at radius 2 is 1.85 bits per heavy atom. The Kier molecular flexibility index (Phi) is 5.99. The molecule has 0 spiro atoms. The second kappa shape index (κ2) is 9.24. The zero-order chi connectivity index (χ0) is 23.7. The van der Waals surface area contributed by atoms with Crippen LogP contribution < -0.4 is 4.90 Å². The molecule has 1 unspecified atom stereocenters. The van der Waals surface area contributed by atoms with E-state index in [2.05, 4.69) is 10.2 Å². The molecule has 0 radical (unpaired) electrons. The fourth-order valence-corrected chi connectivity index (χ4v) is 5.43. The van der Waals surface area contributed by atoms with Crippen LogP contribution in [0.3, 0.4) is 0 Å². The van der Waals surface area contributed by atoms with Gasteiger partial charge in [-0.3, -0.25) is 14.5 Å². The van der Waals surface area contributed by atoms with Gasteiger partial charge in [0.15, 0.2) is 15.9 Å². The number of anilines is 1. The molecule has 1 aliphatic heterocycles. The highest BCUT2D eigenvalue weighted by molar-refractivity contribution is 8.00. The average Bonchev–Trinajstić information content (AvgIpc) is 3.60. The highest BCUT2D eigenvalue weighted by Gasteiger charge is 2.46. The number of halogens is 1. The van der Waals surface area contributed by atoms with Crippen molar-refractivity contribution in [3.8, 4) is 0 Å². The molecule has 2 aromatic heterocycles. The van der Waals surface area contributed by atoms with E-state index in [1.807, 2.05) is 6.07 Å². The lowest BCUT2D eigenvalue weighted by molar-refractivity contribution is -0.117. The van der Waals surface area contributed by atoms with Gasteiger partial charge >= 0.3 is 0 Å². The molecule has 10 heteroatoms. The van der Waals surface area contributed by atoms with Gasteiger partial charge < -0.3 is 9.52 Å². The van der Waals surface area contributed by atoms with Crippen molar-refractivity contribution >= 4 is 39.9 Å². The largest absolute Gasteiger partial charge is 0.503 e. The minimum absolute atomic E-state index is 0.0185. The monoisotopic (exact) mass is 493 g/mol. The standard InChI is InChI=1S/C24H16FN3O4S2/c25-16-10-8-14(9-11-16)13-33-24-27-26-23(34-24)28-19(15-5-2-1-3-6-15)18(21(30)22(28)31)20(29)17-7-4-12-32-17/h1-12,19,30H,13H2. The van der Waals surface area contributed by atoms with Crippen LogP contribution in [0.4, 0.5) is 9.52 Å². The summed E-state index contributed by atoms with van der Waals surface area (Å²) in [4.78, 5) is 27.6. The number of aromatic nitrogens is 2. The molecule has 1 amide bonds. The second-order valence-corrected chi connectivity index (χ2v) is 9.50. The van der Waals surface area contributed by atoms with Gasteiger partial charge in [-0.05, 0) is 35.4 Å². The number of hydrogen-bond acceptors (Lipinski definition) is 8. The molecule has 0 bridgehead atoms. The van der Waals surface area contributed by atoms with Gasteiger partial charge in [0.25, 0.3) is 5.91 Å². The van der Waals surface area contributed by atoms with E-state index in [-0.39, 0.29) is 22.3 Å². The number of nitrogens with zero attached hydrogens (tertiary/aromatic N) is 3. The quantitative estimate of drug-likeness (QED) is 0.211. The number of ketones is 1. The van der Waals surface area contributed by atoms with Gasteiger partial charge in [0.2, 0.25) is 10.9 Å². The second-order valence-electron chi connectivity index (χ2n) is 7.32. The fraction of sp³-hybridized carbons (Fsp3) is 0.0833. The van der Waals surface area contributed by atoms with Crippen LogP contribution in [-0.2, 0) is 10.5 Å². The summed E-state index contributed by atoms with van der Waals surface area (Å²) in [6, 6.07) is 17.2. The molecule has 7 nitrogen and oxygen atoms in total. The summed E-state index contributed by atoms with van der Waals surface area (Å²) in [6.45, 7) is 0. The van der Waals surface area contributed by atoms with Crippen molar-refractivity contribution in [2.75, 3.05) is 4.90 Å². The molecule has 170 valence electrons. The van der Waals surface area contributed by atoms with E-state index in [0.717, 1.165) is 5.56 Å². The Morgan fingerprint density at radius 3 is 2.56 bits per heavy atom. The number of Topliss-reactive ketones (excluding diaryl/α,β-unsaturated/α-hetero) is 1. The lowest BCUT2D eigenvalue weighted by Crippen LogP contribution is -2.31. The van der Waals surface area contributed by atoms with Crippen LogP contribution in [-0.4, -0.2) is 27.0 Å². The first-order valence-electron chi connectivity index (χ1n) is 10.1. The summed E-state index contributed by atoms with van der Waals surface area (Å²) < 4.78 is 18.9. The van der Waals surface area contributed by atoms with E-state index in [9.17, 15) is 19.1 Å². The molecule has 2 aromatic carbocycles. The number of furan rings is 1. The Morgan fingerprint density at radius 1 is 1.09 bits per heavy atom. The number of hydrogen-bond donors (Lipinski definition) is 1. The molecular formula is C24H16FN3O4S2. The summed E-state index contributed by atoms with van der Waals surface area (Å²) >= 11 is 2.56. The van der Waals surface area contributed by atoms with Gasteiger partial charge in [0.05, 0.1) is 17.9 Å².